The normalized spacial score (nSPS) is 11.3. The third kappa shape index (κ3) is 3.25. The van der Waals surface area contributed by atoms with Gasteiger partial charge in [-0.15, -0.1) is 0 Å². The van der Waals surface area contributed by atoms with Crippen molar-refractivity contribution in [2.75, 3.05) is 0 Å². The van der Waals surface area contributed by atoms with Gasteiger partial charge < -0.3 is 0 Å². The zero-order valence-electron chi connectivity index (χ0n) is 9.53. The Labute approximate surface area is 92.6 Å². The molecule has 1 aromatic rings. The van der Waals surface area contributed by atoms with E-state index in [1.54, 1.807) is 0 Å². The van der Waals surface area contributed by atoms with E-state index in [1.807, 2.05) is 19.9 Å². The molecule has 0 N–H and O–H groups in total. The molecule has 0 unspecified atom stereocenters. The summed E-state index contributed by atoms with van der Waals surface area (Å²) in [6.07, 6.45) is 9.30. The first kappa shape index (κ1) is 11.5. The Morgan fingerprint density at radius 3 is 2.60 bits per heavy atom. The summed E-state index contributed by atoms with van der Waals surface area (Å²) < 4.78 is 0. The molecule has 0 aliphatic heterocycles. The number of hydrogen-bond acceptors (Lipinski definition) is 0. The van der Waals surface area contributed by atoms with Crippen LogP contribution in [0.25, 0.3) is 5.57 Å². The highest BCUT2D eigenvalue weighted by Crippen LogP contribution is 2.19. The van der Waals surface area contributed by atoms with Crippen molar-refractivity contribution < 1.29 is 0 Å². The fraction of sp³-hybridized carbons (Fsp3) is 0.200. The van der Waals surface area contributed by atoms with Crippen LogP contribution in [-0.2, 0) is 6.42 Å². The monoisotopic (exact) mass is 198 g/mol. The molecule has 78 valence electrons. The van der Waals surface area contributed by atoms with Gasteiger partial charge in [0.15, 0.2) is 0 Å². The van der Waals surface area contributed by atoms with E-state index in [1.165, 1.54) is 11.1 Å². The number of rotatable bonds is 4. The van der Waals surface area contributed by atoms with Crippen molar-refractivity contribution in [3.8, 4) is 0 Å². The minimum Gasteiger partial charge on any atom is -0.0913 e. The summed E-state index contributed by atoms with van der Waals surface area (Å²) in [6.45, 7) is 8.13. The Morgan fingerprint density at radius 1 is 1.20 bits per heavy atom. The van der Waals surface area contributed by atoms with E-state index in [-0.39, 0.29) is 0 Å². The maximum Gasteiger partial charge on any atom is -0.00914 e. The van der Waals surface area contributed by atoms with Gasteiger partial charge in [0.05, 0.1) is 0 Å². The minimum absolute atomic E-state index is 0.975. The average Bonchev–Trinajstić information content (AvgIpc) is 2.27. The van der Waals surface area contributed by atoms with Crippen LogP contribution >= 0.6 is 0 Å². The van der Waals surface area contributed by atoms with Gasteiger partial charge in [0, 0.05) is 0 Å². The van der Waals surface area contributed by atoms with Gasteiger partial charge in [-0.1, -0.05) is 55.1 Å². The zero-order valence-corrected chi connectivity index (χ0v) is 9.53. The van der Waals surface area contributed by atoms with Crippen molar-refractivity contribution in [2.45, 2.75) is 20.3 Å². The first-order valence-corrected chi connectivity index (χ1v) is 5.30. The van der Waals surface area contributed by atoms with Gasteiger partial charge in [-0.25, -0.2) is 0 Å². The first-order valence-electron chi connectivity index (χ1n) is 5.30. The standard InChI is InChI=1S/C15H18/c1-4-6-10-14-11-7-8-12-15(14)13(3)9-5-2/h4-9,11-12H,3,10H2,1-2H3/b6-4+,9-5-. The molecule has 1 rings (SSSR count). The van der Waals surface area contributed by atoms with E-state index in [2.05, 4.69) is 49.1 Å². The molecule has 0 saturated heterocycles. The van der Waals surface area contributed by atoms with Crippen molar-refractivity contribution in [2.24, 2.45) is 0 Å². The van der Waals surface area contributed by atoms with Crippen LogP contribution in [0.2, 0.25) is 0 Å². The van der Waals surface area contributed by atoms with E-state index in [0.717, 1.165) is 12.0 Å². The number of hydrogen-bond donors (Lipinski definition) is 0. The van der Waals surface area contributed by atoms with Crippen LogP contribution in [0.1, 0.15) is 25.0 Å². The Hall–Kier alpha value is -1.56. The van der Waals surface area contributed by atoms with Crippen LogP contribution in [0.15, 0.2) is 55.1 Å². The molecule has 0 spiro atoms. The topological polar surface area (TPSA) is 0 Å². The molecule has 1 aromatic carbocycles. The van der Waals surface area contributed by atoms with Gasteiger partial charge in [0.25, 0.3) is 0 Å². The van der Waals surface area contributed by atoms with Crippen molar-refractivity contribution in [1.29, 1.82) is 0 Å². The second-order valence-electron chi connectivity index (χ2n) is 3.46. The molecule has 0 heteroatoms. The SMILES string of the molecule is C=C(/C=C\C)c1ccccc1C/C=C/C. The Bertz CT molecular complexity index is 381. The van der Waals surface area contributed by atoms with Crippen molar-refractivity contribution in [3.05, 3.63) is 66.3 Å². The molecule has 0 saturated carbocycles. The van der Waals surface area contributed by atoms with Crippen LogP contribution in [0.5, 0.6) is 0 Å². The highest BCUT2D eigenvalue weighted by molar-refractivity contribution is 5.74. The van der Waals surface area contributed by atoms with Gasteiger partial charge in [-0.2, -0.15) is 0 Å². The second-order valence-corrected chi connectivity index (χ2v) is 3.46. The maximum absolute atomic E-state index is 4.07. The van der Waals surface area contributed by atoms with Crippen LogP contribution < -0.4 is 0 Å². The summed E-state index contributed by atoms with van der Waals surface area (Å²) in [5, 5.41) is 0. The lowest BCUT2D eigenvalue weighted by atomic mass is 9.98. The van der Waals surface area contributed by atoms with Crippen molar-refractivity contribution in [1.82, 2.24) is 0 Å². The fourth-order valence-corrected chi connectivity index (χ4v) is 1.55. The molecular weight excluding hydrogens is 180 g/mol. The first-order chi connectivity index (χ1) is 7.29. The summed E-state index contributed by atoms with van der Waals surface area (Å²) in [5.74, 6) is 0. The van der Waals surface area contributed by atoms with E-state index >= 15 is 0 Å². The van der Waals surface area contributed by atoms with E-state index in [0.29, 0.717) is 0 Å². The molecule has 0 bridgehead atoms. The number of benzene rings is 1. The lowest BCUT2D eigenvalue weighted by Gasteiger charge is -2.07. The van der Waals surface area contributed by atoms with Gasteiger partial charge in [-0.05, 0) is 37.0 Å². The van der Waals surface area contributed by atoms with E-state index in [4.69, 9.17) is 0 Å². The summed E-state index contributed by atoms with van der Waals surface area (Å²) >= 11 is 0. The molecule has 0 nitrogen and oxygen atoms in total. The molecule has 0 amide bonds. The largest absolute Gasteiger partial charge is 0.0913 e. The highest BCUT2D eigenvalue weighted by atomic mass is 14.1. The molecule has 0 heterocycles. The van der Waals surface area contributed by atoms with Crippen molar-refractivity contribution in [3.63, 3.8) is 0 Å². The Kier molecular flexibility index (Phi) is 4.62. The molecule has 0 atom stereocenters. The molecular formula is C15H18. The molecule has 0 fully saturated rings. The minimum atomic E-state index is 0.975. The van der Waals surface area contributed by atoms with Crippen LogP contribution in [0, 0.1) is 0 Å². The quantitative estimate of drug-likeness (QED) is 0.497. The lowest BCUT2D eigenvalue weighted by Crippen LogP contribution is -1.89. The summed E-state index contributed by atoms with van der Waals surface area (Å²) in [7, 11) is 0. The van der Waals surface area contributed by atoms with Gasteiger partial charge in [-0.3, -0.25) is 0 Å². The average molecular weight is 198 g/mol. The van der Waals surface area contributed by atoms with Crippen molar-refractivity contribution >= 4 is 5.57 Å². The fourth-order valence-electron chi connectivity index (χ4n) is 1.55. The van der Waals surface area contributed by atoms with Crippen LogP contribution in [-0.4, -0.2) is 0 Å². The smallest absolute Gasteiger partial charge is 0.00914 e. The van der Waals surface area contributed by atoms with Gasteiger partial charge >= 0.3 is 0 Å². The van der Waals surface area contributed by atoms with Gasteiger partial charge in [0.1, 0.15) is 0 Å². The predicted octanol–water partition coefficient (Wildman–Crippen LogP) is 4.39. The molecule has 0 aliphatic rings. The number of allylic oxidation sites excluding steroid dienone is 5. The second kappa shape index (κ2) is 6.02. The highest BCUT2D eigenvalue weighted by Gasteiger charge is 2.00. The molecule has 0 aromatic heterocycles. The Morgan fingerprint density at radius 2 is 1.93 bits per heavy atom. The lowest BCUT2D eigenvalue weighted by molar-refractivity contribution is 1.25. The summed E-state index contributed by atoms with van der Waals surface area (Å²) in [4.78, 5) is 0. The molecule has 0 radical (unpaired) electrons. The van der Waals surface area contributed by atoms with Crippen LogP contribution in [0.4, 0.5) is 0 Å². The van der Waals surface area contributed by atoms with Crippen LogP contribution in [0.3, 0.4) is 0 Å². The zero-order chi connectivity index (χ0) is 11.1. The van der Waals surface area contributed by atoms with E-state index in [9.17, 15) is 0 Å². The third-order valence-electron chi connectivity index (χ3n) is 2.30. The third-order valence-corrected chi connectivity index (χ3v) is 2.30. The molecule has 0 aliphatic carbocycles. The van der Waals surface area contributed by atoms with Gasteiger partial charge in [0.2, 0.25) is 0 Å². The predicted molar refractivity (Wildman–Crippen MR) is 68.8 cm³/mol. The Balaban J connectivity index is 3.00. The summed E-state index contributed by atoms with van der Waals surface area (Å²) in [6, 6.07) is 8.42. The van der Waals surface area contributed by atoms with E-state index < -0.39 is 0 Å². The summed E-state index contributed by atoms with van der Waals surface area (Å²) in [5.41, 5.74) is 3.66. The molecule has 15 heavy (non-hydrogen) atoms. The maximum atomic E-state index is 4.07.